The maximum Gasteiger partial charge on any atom is 0.296 e. The third-order valence-electron chi connectivity index (χ3n) is 5.95. The van der Waals surface area contributed by atoms with E-state index in [4.69, 9.17) is 4.74 Å². The standard InChI is InChI=1S/C29H33N5O3/c1-20-10-12-23(37-17-7-15-29(2,3)36)19-24(20)22-14-16-30-26(18-22)32-28(35)27-31-25(33-34-27)13-11-21-8-5-4-6-9-21/h4-6,8-10,12,14,16,18-19,36H,7,11,13,15,17H2,1-3H3,(H,30,32,35)(H,31,33,34). The van der Waals surface area contributed by atoms with Gasteiger partial charge in [-0.3, -0.25) is 9.89 Å². The monoisotopic (exact) mass is 499 g/mol. The van der Waals surface area contributed by atoms with Crippen LogP contribution in [0.15, 0.2) is 66.9 Å². The molecule has 0 fully saturated rings. The van der Waals surface area contributed by atoms with Gasteiger partial charge < -0.3 is 15.2 Å². The number of hydrogen-bond donors (Lipinski definition) is 3. The first kappa shape index (κ1) is 26.0. The molecule has 192 valence electrons. The summed E-state index contributed by atoms with van der Waals surface area (Å²) in [5.74, 6) is 1.47. The van der Waals surface area contributed by atoms with E-state index in [9.17, 15) is 9.90 Å². The molecule has 37 heavy (non-hydrogen) atoms. The van der Waals surface area contributed by atoms with Gasteiger partial charge in [-0.15, -0.1) is 5.10 Å². The molecule has 0 saturated carbocycles. The Labute approximate surface area is 217 Å². The molecular formula is C29H33N5O3. The van der Waals surface area contributed by atoms with Crippen molar-refractivity contribution in [3.8, 4) is 16.9 Å². The van der Waals surface area contributed by atoms with E-state index in [-0.39, 0.29) is 5.82 Å². The number of carbonyl (C=O) groups is 1. The van der Waals surface area contributed by atoms with Crippen molar-refractivity contribution in [1.29, 1.82) is 0 Å². The molecule has 4 rings (SSSR count). The molecule has 0 bridgehead atoms. The first-order valence-corrected chi connectivity index (χ1v) is 12.5. The fraction of sp³-hybridized carbons (Fsp3) is 0.310. The number of H-pyrrole nitrogens is 1. The number of aryl methyl sites for hydroxylation is 3. The summed E-state index contributed by atoms with van der Waals surface area (Å²) in [6.07, 6.45) is 4.55. The summed E-state index contributed by atoms with van der Waals surface area (Å²) in [5, 5.41) is 19.6. The highest BCUT2D eigenvalue weighted by Crippen LogP contribution is 2.29. The van der Waals surface area contributed by atoms with Gasteiger partial charge in [0.25, 0.3) is 5.91 Å². The summed E-state index contributed by atoms with van der Waals surface area (Å²) in [4.78, 5) is 21.4. The predicted molar refractivity (Wildman–Crippen MR) is 144 cm³/mol. The van der Waals surface area contributed by atoms with Crippen molar-refractivity contribution in [2.75, 3.05) is 11.9 Å². The average Bonchev–Trinajstić information content (AvgIpc) is 3.36. The van der Waals surface area contributed by atoms with Crippen molar-refractivity contribution in [1.82, 2.24) is 20.2 Å². The highest BCUT2D eigenvalue weighted by Gasteiger charge is 2.15. The summed E-state index contributed by atoms with van der Waals surface area (Å²) in [6, 6.07) is 19.7. The maximum absolute atomic E-state index is 12.8. The number of carbonyl (C=O) groups excluding carboxylic acids is 1. The zero-order valence-electron chi connectivity index (χ0n) is 21.5. The van der Waals surface area contributed by atoms with Crippen LogP contribution in [0.1, 0.15) is 54.3 Å². The molecule has 0 aliphatic heterocycles. The lowest BCUT2D eigenvalue weighted by atomic mass is 10.0. The van der Waals surface area contributed by atoms with Crippen molar-refractivity contribution in [2.45, 2.75) is 52.1 Å². The number of aromatic nitrogens is 4. The van der Waals surface area contributed by atoms with Gasteiger partial charge in [-0.2, -0.15) is 0 Å². The van der Waals surface area contributed by atoms with Crippen LogP contribution in [0.25, 0.3) is 11.1 Å². The zero-order valence-corrected chi connectivity index (χ0v) is 21.5. The van der Waals surface area contributed by atoms with E-state index in [1.807, 2.05) is 55.5 Å². The Morgan fingerprint density at radius 3 is 2.68 bits per heavy atom. The molecule has 8 nitrogen and oxygen atoms in total. The largest absolute Gasteiger partial charge is 0.494 e. The molecule has 3 N–H and O–H groups in total. The molecule has 4 aromatic rings. The number of benzene rings is 2. The number of ether oxygens (including phenoxy) is 1. The second-order valence-electron chi connectivity index (χ2n) is 9.72. The lowest BCUT2D eigenvalue weighted by molar-refractivity contribution is 0.0641. The average molecular weight is 500 g/mol. The van der Waals surface area contributed by atoms with Crippen LogP contribution in [0.3, 0.4) is 0 Å². The second-order valence-corrected chi connectivity index (χ2v) is 9.72. The number of nitrogens with one attached hydrogen (secondary N) is 2. The molecule has 0 atom stereocenters. The van der Waals surface area contributed by atoms with Gasteiger partial charge >= 0.3 is 0 Å². The number of nitrogens with zero attached hydrogens (tertiary/aromatic N) is 3. The van der Waals surface area contributed by atoms with E-state index in [1.165, 1.54) is 5.56 Å². The van der Waals surface area contributed by atoms with Crippen LogP contribution in [0.2, 0.25) is 0 Å². The fourth-order valence-electron chi connectivity index (χ4n) is 3.95. The topological polar surface area (TPSA) is 113 Å². The third kappa shape index (κ3) is 7.72. The lowest BCUT2D eigenvalue weighted by Crippen LogP contribution is -2.19. The first-order valence-electron chi connectivity index (χ1n) is 12.5. The molecule has 0 aliphatic rings. The Morgan fingerprint density at radius 1 is 1.08 bits per heavy atom. The van der Waals surface area contributed by atoms with Crippen LogP contribution < -0.4 is 10.1 Å². The number of aromatic amines is 1. The Bertz CT molecular complexity index is 1330. The van der Waals surface area contributed by atoms with E-state index in [0.717, 1.165) is 35.3 Å². The summed E-state index contributed by atoms with van der Waals surface area (Å²) in [7, 11) is 0. The van der Waals surface area contributed by atoms with Crippen molar-refractivity contribution in [3.63, 3.8) is 0 Å². The van der Waals surface area contributed by atoms with Crippen LogP contribution in [-0.4, -0.2) is 43.4 Å². The smallest absolute Gasteiger partial charge is 0.296 e. The molecular weight excluding hydrogens is 466 g/mol. The Hall–Kier alpha value is -4.04. The quantitative estimate of drug-likeness (QED) is 0.246. The molecule has 0 saturated heterocycles. The normalized spacial score (nSPS) is 11.4. The van der Waals surface area contributed by atoms with Gasteiger partial charge in [0, 0.05) is 12.6 Å². The van der Waals surface area contributed by atoms with Crippen molar-refractivity contribution in [3.05, 3.63) is 89.6 Å². The van der Waals surface area contributed by atoms with Crippen molar-refractivity contribution in [2.24, 2.45) is 0 Å². The Kier molecular flexibility index (Phi) is 8.30. The van der Waals surface area contributed by atoms with Crippen LogP contribution in [0, 0.1) is 6.92 Å². The number of rotatable bonds is 11. The zero-order chi connectivity index (χ0) is 26.3. The van der Waals surface area contributed by atoms with Gasteiger partial charge in [-0.1, -0.05) is 36.4 Å². The molecule has 2 aromatic carbocycles. The number of amides is 1. The molecule has 1 amide bonds. The van der Waals surface area contributed by atoms with Gasteiger partial charge in [0.05, 0.1) is 12.2 Å². The SMILES string of the molecule is Cc1ccc(OCCCC(C)(C)O)cc1-c1ccnc(NC(=O)c2n[nH]c(CCc3ccccc3)n2)c1. The minimum Gasteiger partial charge on any atom is -0.494 e. The Morgan fingerprint density at radius 2 is 1.89 bits per heavy atom. The molecule has 8 heteroatoms. The molecule has 0 radical (unpaired) electrons. The second kappa shape index (κ2) is 11.8. The molecule has 2 heterocycles. The molecule has 0 spiro atoms. The minimum atomic E-state index is -0.700. The van der Waals surface area contributed by atoms with E-state index in [1.54, 1.807) is 20.0 Å². The fourth-order valence-corrected chi connectivity index (χ4v) is 3.95. The highest BCUT2D eigenvalue weighted by atomic mass is 16.5. The van der Waals surface area contributed by atoms with Crippen molar-refractivity contribution >= 4 is 11.7 Å². The molecule has 0 unspecified atom stereocenters. The number of pyridine rings is 1. The summed E-state index contributed by atoms with van der Waals surface area (Å²) < 4.78 is 5.91. The lowest BCUT2D eigenvalue weighted by Gasteiger charge is -2.17. The van der Waals surface area contributed by atoms with Crippen LogP contribution in [0.4, 0.5) is 5.82 Å². The minimum absolute atomic E-state index is 0.0768. The highest BCUT2D eigenvalue weighted by molar-refractivity contribution is 6.01. The maximum atomic E-state index is 12.8. The van der Waals surface area contributed by atoms with E-state index < -0.39 is 11.5 Å². The van der Waals surface area contributed by atoms with Crippen LogP contribution >= 0.6 is 0 Å². The van der Waals surface area contributed by atoms with Crippen LogP contribution in [0.5, 0.6) is 5.75 Å². The number of aliphatic hydroxyl groups is 1. The third-order valence-corrected chi connectivity index (χ3v) is 5.95. The van der Waals surface area contributed by atoms with Crippen molar-refractivity contribution < 1.29 is 14.6 Å². The number of hydrogen-bond acceptors (Lipinski definition) is 6. The predicted octanol–water partition coefficient (Wildman–Crippen LogP) is 5.14. The molecule has 0 aliphatic carbocycles. The summed E-state index contributed by atoms with van der Waals surface area (Å²) >= 11 is 0. The van der Waals surface area contributed by atoms with E-state index in [2.05, 4.69) is 37.6 Å². The van der Waals surface area contributed by atoms with Gasteiger partial charge in [-0.25, -0.2) is 9.97 Å². The van der Waals surface area contributed by atoms with E-state index in [0.29, 0.717) is 31.1 Å². The summed E-state index contributed by atoms with van der Waals surface area (Å²) in [6.45, 7) is 6.14. The van der Waals surface area contributed by atoms with Crippen LogP contribution in [-0.2, 0) is 12.8 Å². The van der Waals surface area contributed by atoms with Gasteiger partial charge in [-0.05, 0) is 86.6 Å². The van der Waals surface area contributed by atoms with Gasteiger partial charge in [0.1, 0.15) is 17.4 Å². The molecule has 2 aromatic heterocycles. The van der Waals surface area contributed by atoms with Gasteiger partial charge in [0.2, 0.25) is 5.82 Å². The summed E-state index contributed by atoms with van der Waals surface area (Å²) in [5.41, 5.74) is 3.46. The first-order chi connectivity index (χ1) is 17.8. The van der Waals surface area contributed by atoms with Gasteiger partial charge in [0.15, 0.2) is 0 Å². The number of anilines is 1. The Balaban J connectivity index is 1.39. The van der Waals surface area contributed by atoms with E-state index >= 15 is 0 Å².